The predicted molar refractivity (Wildman–Crippen MR) is 64.9 cm³/mol. The molecule has 0 radical (unpaired) electrons. The molecule has 1 unspecified atom stereocenters. The first-order chi connectivity index (χ1) is 8.73. The normalized spacial score (nSPS) is 12.1. The summed E-state index contributed by atoms with van der Waals surface area (Å²) in [4.78, 5) is 23.8. The fourth-order valence-corrected chi connectivity index (χ4v) is 1.60. The SMILES string of the molecule is Cc1cc(C(=O)N(C)CC(C)C(=O)O)c(F)cc1F. The molecule has 0 saturated carbocycles. The molecule has 1 N–H and O–H groups in total. The fourth-order valence-electron chi connectivity index (χ4n) is 1.60. The van der Waals surface area contributed by atoms with Crippen LogP contribution in [0.4, 0.5) is 8.78 Å². The molecule has 0 aliphatic carbocycles. The number of rotatable bonds is 4. The summed E-state index contributed by atoms with van der Waals surface area (Å²) in [5.41, 5.74) is -0.108. The minimum Gasteiger partial charge on any atom is -0.481 e. The number of aliphatic carboxylic acids is 1. The minimum absolute atomic E-state index is 0.0516. The average Bonchev–Trinajstić information content (AvgIpc) is 2.32. The van der Waals surface area contributed by atoms with E-state index in [2.05, 4.69) is 0 Å². The Hall–Kier alpha value is -1.98. The third-order valence-corrected chi connectivity index (χ3v) is 2.79. The van der Waals surface area contributed by atoms with Gasteiger partial charge in [-0.2, -0.15) is 0 Å². The highest BCUT2D eigenvalue weighted by atomic mass is 19.1. The lowest BCUT2D eigenvalue weighted by atomic mass is 10.1. The van der Waals surface area contributed by atoms with Crippen LogP contribution in [0.5, 0.6) is 0 Å². The monoisotopic (exact) mass is 271 g/mol. The van der Waals surface area contributed by atoms with E-state index < -0.39 is 29.4 Å². The van der Waals surface area contributed by atoms with Crippen LogP contribution >= 0.6 is 0 Å². The van der Waals surface area contributed by atoms with Crippen molar-refractivity contribution in [2.75, 3.05) is 13.6 Å². The number of halogens is 2. The van der Waals surface area contributed by atoms with Crippen molar-refractivity contribution in [3.05, 3.63) is 34.9 Å². The molecule has 0 aliphatic heterocycles. The lowest BCUT2D eigenvalue weighted by Crippen LogP contribution is -2.34. The van der Waals surface area contributed by atoms with E-state index in [1.807, 2.05) is 0 Å². The number of carbonyl (C=O) groups excluding carboxylic acids is 1. The second-order valence-electron chi connectivity index (χ2n) is 4.51. The van der Waals surface area contributed by atoms with Crippen molar-refractivity contribution < 1.29 is 23.5 Å². The van der Waals surface area contributed by atoms with Crippen molar-refractivity contribution in [2.45, 2.75) is 13.8 Å². The summed E-state index contributed by atoms with van der Waals surface area (Å²) in [6.45, 7) is 2.81. The van der Waals surface area contributed by atoms with Crippen molar-refractivity contribution in [3.8, 4) is 0 Å². The average molecular weight is 271 g/mol. The Balaban J connectivity index is 2.94. The lowest BCUT2D eigenvalue weighted by Gasteiger charge is -2.20. The third kappa shape index (κ3) is 3.49. The molecule has 0 fully saturated rings. The number of benzene rings is 1. The van der Waals surface area contributed by atoms with Gasteiger partial charge in [-0.15, -0.1) is 0 Å². The first-order valence-corrected chi connectivity index (χ1v) is 5.68. The summed E-state index contributed by atoms with van der Waals surface area (Å²) < 4.78 is 26.6. The zero-order valence-corrected chi connectivity index (χ0v) is 10.9. The third-order valence-electron chi connectivity index (χ3n) is 2.79. The molecular formula is C13H15F2NO3. The summed E-state index contributed by atoms with van der Waals surface area (Å²) in [5, 5.41) is 8.76. The molecule has 6 heteroatoms. The number of nitrogens with zero attached hydrogens (tertiary/aromatic N) is 1. The topological polar surface area (TPSA) is 57.6 Å². The molecule has 0 bridgehead atoms. The van der Waals surface area contributed by atoms with Crippen LogP contribution in [0, 0.1) is 24.5 Å². The van der Waals surface area contributed by atoms with Crippen LogP contribution in [0.1, 0.15) is 22.8 Å². The van der Waals surface area contributed by atoms with Crippen molar-refractivity contribution in [1.82, 2.24) is 4.90 Å². The Morgan fingerprint density at radius 3 is 2.42 bits per heavy atom. The number of aryl methyl sites for hydroxylation is 1. The Kier molecular flexibility index (Phi) is 4.58. The predicted octanol–water partition coefficient (Wildman–Crippen LogP) is 2.07. The van der Waals surface area contributed by atoms with E-state index >= 15 is 0 Å². The Morgan fingerprint density at radius 2 is 1.89 bits per heavy atom. The van der Waals surface area contributed by atoms with Gasteiger partial charge in [0, 0.05) is 19.7 Å². The molecule has 1 aromatic rings. The molecule has 1 aromatic carbocycles. The quantitative estimate of drug-likeness (QED) is 0.912. The number of amides is 1. The van der Waals surface area contributed by atoms with Crippen LogP contribution in [-0.2, 0) is 4.79 Å². The van der Waals surface area contributed by atoms with Crippen LogP contribution in [-0.4, -0.2) is 35.5 Å². The van der Waals surface area contributed by atoms with Crippen LogP contribution in [0.15, 0.2) is 12.1 Å². The summed E-state index contributed by atoms with van der Waals surface area (Å²) in [7, 11) is 1.37. The van der Waals surface area contributed by atoms with Gasteiger partial charge in [0.25, 0.3) is 5.91 Å². The Labute approximate surface area is 109 Å². The van der Waals surface area contributed by atoms with Gasteiger partial charge >= 0.3 is 5.97 Å². The van der Waals surface area contributed by atoms with Gasteiger partial charge in [0.2, 0.25) is 0 Å². The molecule has 0 spiro atoms. The standard InChI is InChI=1S/C13H15F2NO3/c1-7-4-9(11(15)5-10(7)14)12(17)16(3)6-8(2)13(18)19/h4-5,8H,6H2,1-3H3,(H,18,19). The van der Waals surface area contributed by atoms with E-state index in [4.69, 9.17) is 5.11 Å². The molecule has 104 valence electrons. The first-order valence-electron chi connectivity index (χ1n) is 5.68. The van der Waals surface area contributed by atoms with E-state index in [1.54, 1.807) is 0 Å². The van der Waals surface area contributed by atoms with Crippen LogP contribution < -0.4 is 0 Å². The summed E-state index contributed by atoms with van der Waals surface area (Å²) >= 11 is 0. The highest BCUT2D eigenvalue weighted by Crippen LogP contribution is 2.16. The zero-order chi connectivity index (χ0) is 14.7. The Morgan fingerprint density at radius 1 is 1.32 bits per heavy atom. The van der Waals surface area contributed by atoms with Crippen molar-refractivity contribution >= 4 is 11.9 Å². The maximum Gasteiger partial charge on any atom is 0.308 e. The van der Waals surface area contributed by atoms with Gasteiger partial charge in [0.15, 0.2) is 0 Å². The molecule has 4 nitrogen and oxygen atoms in total. The van der Waals surface area contributed by atoms with Gasteiger partial charge in [-0.25, -0.2) is 8.78 Å². The first kappa shape index (κ1) is 15.1. The van der Waals surface area contributed by atoms with E-state index in [-0.39, 0.29) is 17.7 Å². The van der Waals surface area contributed by atoms with Crippen LogP contribution in [0.25, 0.3) is 0 Å². The highest BCUT2D eigenvalue weighted by Gasteiger charge is 2.21. The number of hydrogen-bond acceptors (Lipinski definition) is 2. The fraction of sp³-hybridized carbons (Fsp3) is 0.385. The van der Waals surface area contributed by atoms with E-state index in [0.717, 1.165) is 11.0 Å². The zero-order valence-electron chi connectivity index (χ0n) is 10.9. The van der Waals surface area contributed by atoms with Crippen molar-refractivity contribution in [1.29, 1.82) is 0 Å². The van der Waals surface area contributed by atoms with Gasteiger partial charge < -0.3 is 10.0 Å². The summed E-state index contributed by atoms with van der Waals surface area (Å²) in [6.07, 6.45) is 0. The molecule has 0 saturated heterocycles. The number of carboxylic acids is 1. The van der Waals surface area contributed by atoms with Gasteiger partial charge in [-0.05, 0) is 18.6 Å². The lowest BCUT2D eigenvalue weighted by molar-refractivity contribution is -0.141. The number of hydrogen-bond donors (Lipinski definition) is 1. The van der Waals surface area contributed by atoms with Crippen molar-refractivity contribution in [2.24, 2.45) is 5.92 Å². The summed E-state index contributed by atoms with van der Waals surface area (Å²) in [6, 6.07) is 1.77. The molecule has 1 rings (SSSR count). The molecule has 19 heavy (non-hydrogen) atoms. The molecule has 1 atom stereocenters. The van der Waals surface area contributed by atoms with Gasteiger partial charge in [-0.3, -0.25) is 9.59 Å². The maximum absolute atomic E-state index is 13.5. The Bertz CT molecular complexity index is 517. The largest absolute Gasteiger partial charge is 0.481 e. The van der Waals surface area contributed by atoms with Crippen LogP contribution in [0.3, 0.4) is 0 Å². The van der Waals surface area contributed by atoms with Crippen LogP contribution in [0.2, 0.25) is 0 Å². The van der Waals surface area contributed by atoms with E-state index in [0.29, 0.717) is 6.07 Å². The van der Waals surface area contributed by atoms with E-state index in [9.17, 15) is 18.4 Å². The second-order valence-corrected chi connectivity index (χ2v) is 4.51. The molecule has 0 aliphatic rings. The molecular weight excluding hydrogens is 256 g/mol. The minimum atomic E-state index is -1.05. The van der Waals surface area contributed by atoms with Gasteiger partial charge in [-0.1, -0.05) is 6.92 Å². The summed E-state index contributed by atoms with van der Waals surface area (Å²) in [5.74, 6) is -4.17. The van der Waals surface area contributed by atoms with Gasteiger partial charge in [0.1, 0.15) is 11.6 Å². The van der Waals surface area contributed by atoms with E-state index in [1.165, 1.54) is 20.9 Å². The van der Waals surface area contributed by atoms with Gasteiger partial charge in [0.05, 0.1) is 11.5 Å². The highest BCUT2D eigenvalue weighted by molar-refractivity contribution is 5.94. The molecule has 0 aromatic heterocycles. The number of carbonyl (C=O) groups is 2. The van der Waals surface area contributed by atoms with Crippen molar-refractivity contribution in [3.63, 3.8) is 0 Å². The number of carboxylic acid groups (broad SMARTS) is 1. The molecule has 0 heterocycles. The maximum atomic E-state index is 13.5. The smallest absolute Gasteiger partial charge is 0.308 e. The second kappa shape index (κ2) is 5.77. The molecule has 1 amide bonds.